The molecule has 1 saturated heterocycles. The Labute approximate surface area is 172 Å². The van der Waals surface area contributed by atoms with E-state index in [1.165, 1.54) is 6.07 Å². The van der Waals surface area contributed by atoms with E-state index in [0.717, 1.165) is 12.1 Å². The molecule has 0 aromatic heterocycles. The van der Waals surface area contributed by atoms with Crippen molar-refractivity contribution < 1.29 is 32.6 Å². The second kappa shape index (κ2) is 8.37. The van der Waals surface area contributed by atoms with Crippen LogP contribution in [0.1, 0.15) is 31.9 Å². The van der Waals surface area contributed by atoms with Crippen molar-refractivity contribution in [3.05, 3.63) is 35.9 Å². The van der Waals surface area contributed by atoms with E-state index in [-0.39, 0.29) is 29.1 Å². The summed E-state index contributed by atoms with van der Waals surface area (Å²) in [5.74, 6) is -0.952. The number of nitrogens with zero attached hydrogens (tertiary/aromatic N) is 1. The highest BCUT2D eigenvalue weighted by Gasteiger charge is 2.41. The van der Waals surface area contributed by atoms with E-state index in [1.807, 2.05) is 0 Å². The first-order chi connectivity index (χ1) is 13.2. The number of ether oxygens (including phenoxy) is 1. The largest absolute Gasteiger partial charge is 0.443 e. The van der Waals surface area contributed by atoms with E-state index in [1.54, 1.807) is 20.8 Å². The second-order valence-corrected chi connectivity index (χ2v) is 8.14. The number of amides is 2. The van der Waals surface area contributed by atoms with Crippen molar-refractivity contribution in [2.45, 2.75) is 49.6 Å². The molecule has 0 saturated carbocycles. The third-order valence-corrected chi connectivity index (χ3v) is 4.59. The van der Waals surface area contributed by atoms with E-state index < -0.39 is 41.5 Å². The molecule has 2 rings (SSSR count). The molecule has 2 unspecified atom stereocenters. The minimum absolute atomic E-state index is 0.114. The molecule has 0 radical (unpaired) electrons. The molecule has 1 aliphatic rings. The van der Waals surface area contributed by atoms with Gasteiger partial charge < -0.3 is 15.2 Å². The van der Waals surface area contributed by atoms with Crippen LogP contribution in [0, 0.1) is 0 Å². The van der Waals surface area contributed by atoms with Gasteiger partial charge in [-0.1, -0.05) is 12.6 Å². The average Bonchev–Trinajstić information content (AvgIpc) is 2.98. The normalized spacial score (nSPS) is 19.7. The molecule has 1 fully saturated rings. The molecule has 1 heterocycles. The molecule has 6 nitrogen and oxygen atoms in total. The van der Waals surface area contributed by atoms with E-state index in [0.29, 0.717) is 4.90 Å². The maximum atomic E-state index is 13.2. The van der Waals surface area contributed by atoms with Gasteiger partial charge in [0.2, 0.25) is 0 Å². The average molecular weight is 432 g/mol. The zero-order valence-electron chi connectivity index (χ0n) is 16.2. The lowest BCUT2D eigenvalue weighted by Crippen LogP contribution is -2.52. The van der Waals surface area contributed by atoms with E-state index in [4.69, 9.17) is 4.74 Å². The molecule has 0 bridgehead atoms. The van der Waals surface area contributed by atoms with Gasteiger partial charge in [-0.2, -0.15) is 13.2 Å². The number of imide groups is 1. The summed E-state index contributed by atoms with van der Waals surface area (Å²) >= 11 is 3.80. The number of carbonyl (C=O) groups excluding carboxylic acids is 2. The van der Waals surface area contributed by atoms with Gasteiger partial charge in [0.15, 0.2) is 0 Å². The number of rotatable bonds is 3. The highest BCUT2D eigenvalue weighted by molar-refractivity contribution is 7.80. The summed E-state index contributed by atoms with van der Waals surface area (Å²) in [5.41, 5.74) is -2.41. The van der Waals surface area contributed by atoms with Crippen LogP contribution in [-0.2, 0) is 15.7 Å². The number of hydrogen-bond donors (Lipinski definition) is 3. The number of nitrogens with one attached hydrogen (secondary N) is 1. The molecule has 1 aromatic carbocycles. The van der Waals surface area contributed by atoms with Crippen LogP contribution >= 0.6 is 12.6 Å². The first-order valence-electron chi connectivity index (χ1n) is 8.77. The minimum Gasteiger partial charge on any atom is -0.443 e. The number of alkyl halides is 3. The Morgan fingerprint density at radius 1 is 1.28 bits per heavy atom. The molecule has 2 N–H and O–H groups in total. The number of halogens is 3. The summed E-state index contributed by atoms with van der Waals surface area (Å²) in [7, 11) is 0. The fourth-order valence-electron chi connectivity index (χ4n) is 2.81. The van der Waals surface area contributed by atoms with Crippen LogP contribution in [-0.4, -0.2) is 52.8 Å². The van der Waals surface area contributed by atoms with Crippen LogP contribution in [0.15, 0.2) is 29.7 Å². The van der Waals surface area contributed by atoms with Crippen LogP contribution in [0.2, 0.25) is 0 Å². The number of thiol groups is 1. The van der Waals surface area contributed by atoms with E-state index in [9.17, 15) is 27.9 Å². The Kier molecular flexibility index (Phi) is 6.71. The van der Waals surface area contributed by atoms with Crippen molar-refractivity contribution in [1.82, 2.24) is 10.2 Å². The van der Waals surface area contributed by atoms with Crippen molar-refractivity contribution in [3.63, 3.8) is 0 Å². The van der Waals surface area contributed by atoms with Crippen molar-refractivity contribution in [2.75, 3.05) is 13.1 Å². The van der Waals surface area contributed by atoms with Gasteiger partial charge in [0.1, 0.15) is 5.60 Å². The highest BCUT2D eigenvalue weighted by atomic mass is 32.1. The molecule has 2 atom stereocenters. The summed E-state index contributed by atoms with van der Waals surface area (Å²) in [6, 6.07) is 2.16. The van der Waals surface area contributed by atoms with Crippen molar-refractivity contribution >= 4 is 30.2 Å². The van der Waals surface area contributed by atoms with Gasteiger partial charge in [-0.3, -0.25) is 4.79 Å². The third kappa shape index (κ3) is 5.52. The first-order valence-corrected chi connectivity index (χ1v) is 9.22. The fourth-order valence-corrected chi connectivity index (χ4v) is 3.08. The SMILES string of the molecule is C=C(C(=O)N(C(=O)OC(C)(C)C)C1CNCC1O)c1ccc(S)c(C(F)(F)F)c1. The summed E-state index contributed by atoms with van der Waals surface area (Å²) in [6.07, 6.45) is -6.74. The predicted octanol–water partition coefficient (Wildman–Crippen LogP) is 3.10. The van der Waals surface area contributed by atoms with Gasteiger partial charge in [0, 0.05) is 23.6 Å². The first kappa shape index (κ1) is 23.2. The van der Waals surface area contributed by atoms with Crippen molar-refractivity contribution in [1.29, 1.82) is 0 Å². The highest BCUT2D eigenvalue weighted by Crippen LogP contribution is 2.35. The lowest BCUT2D eigenvalue weighted by Gasteiger charge is -2.31. The minimum atomic E-state index is -4.67. The number of benzene rings is 1. The monoisotopic (exact) mass is 432 g/mol. The molecule has 29 heavy (non-hydrogen) atoms. The molecular weight excluding hydrogens is 409 g/mol. The maximum absolute atomic E-state index is 13.2. The number of carbonyl (C=O) groups is 2. The fraction of sp³-hybridized carbons (Fsp3) is 0.474. The van der Waals surface area contributed by atoms with Gasteiger partial charge in [-0.15, -0.1) is 12.6 Å². The van der Waals surface area contributed by atoms with Gasteiger partial charge in [0.05, 0.1) is 17.7 Å². The van der Waals surface area contributed by atoms with E-state index in [2.05, 4.69) is 24.5 Å². The molecule has 1 aromatic rings. The quantitative estimate of drug-likeness (QED) is 0.505. The Morgan fingerprint density at radius 2 is 1.90 bits per heavy atom. The van der Waals surface area contributed by atoms with Crippen molar-refractivity contribution in [3.8, 4) is 0 Å². The van der Waals surface area contributed by atoms with Gasteiger partial charge >= 0.3 is 12.3 Å². The summed E-state index contributed by atoms with van der Waals surface area (Å²) in [4.78, 5) is 26.1. The van der Waals surface area contributed by atoms with Crippen LogP contribution < -0.4 is 5.32 Å². The maximum Gasteiger partial charge on any atom is 0.417 e. The molecule has 1 aliphatic heterocycles. The van der Waals surface area contributed by atoms with Crippen LogP contribution in [0.3, 0.4) is 0 Å². The third-order valence-electron chi connectivity index (χ3n) is 4.20. The van der Waals surface area contributed by atoms with Crippen LogP contribution in [0.25, 0.3) is 5.57 Å². The molecule has 160 valence electrons. The Hall–Kier alpha value is -2.04. The van der Waals surface area contributed by atoms with Crippen molar-refractivity contribution in [2.24, 2.45) is 0 Å². The number of β-amino-alcohol motifs (C(OH)–C–C–N with tert-alkyl or cyclic N) is 1. The standard InChI is InChI=1S/C19H23F3N2O4S/c1-10(11-5-6-15(29)12(7-11)19(20,21)22)16(26)24(13-8-23-9-14(13)25)17(27)28-18(2,3)4/h5-7,13-14,23,25,29H,1,8-9H2,2-4H3. The Bertz CT molecular complexity index is 821. The topological polar surface area (TPSA) is 78.9 Å². The second-order valence-electron chi connectivity index (χ2n) is 7.66. The summed E-state index contributed by atoms with van der Waals surface area (Å²) < 4.78 is 44.8. The molecular formula is C19H23F3N2O4S. The number of hydrogen-bond acceptors (Lipinski definition) is 6. The van der Waals surface area contributed by atoms with Gasteiger partial charge in [-0.05, 0) is 38.5 Å². The molecule has 10 heteroatoms. The number of aliphatic hydroxyl groups excluding tert-OH is 1. The van der Waals surface area contributed by atoms with Gasteiger partial charge in [0.25, 0.3) is 5.91 Å². The lowest BCUT2D eigenvalue weighted by atomic mass is 10.0. The lowest BCUT2D eigenvalue weighted by molar-refractivity contribution is -0.139. The molecule has 0 spiro atoms. The number of aliphatic hydroxyl groups is 1. The smallest absolute Gasteiger partial charge is 0.417 e. The Morgan fingerprint density at radius 3 is 2.38 bits per heavy atom. The predicted molar refractivity (Wildman–Crippen MR) is 103 cm³/mol. The molecule has 2 amide bonds. The summed E-state index contributed by atoms with van der Waals surface area (Å²) in [5, 5.41) is 13.0. The Balaban J connectivity index is 2.40. The summed E-state index contributed by atoms with van der Waals surface area (Å²) in [6.45, 7) is 8.66. The molecule has 0 aliphatic carbocycles. The van der Waals surface area contributed by atoms with E-state index >= 15 is 0 Å². The zero-order valence-corrected chi connectivity index (χ0v) is 17.1. The van der Waals surface area contributed by atoms with Crippen LogP contribution in [0.4, 0.5) is 18.0 Å². The van der Waals surface area contributed by atoms with Gasteiger partial charge in [-0.25, -0.2) is 9.69 Å². The zero-order chi connectivity index (χ0) is 22.1. The van der Waals surface area contributed by atoms with Crippen LogP contribution in [0.5, 0.6) is 0 Å².